The molecule has 2 aromatic rings. The Morgan fingerprint density at radius 3 is 2.65 bits per heavy atom. The lowest BCUT2D eigenvalue weighted by atomic mass is 10.1. The molecular weight excluding hydrogens is 418 g/mol. The van der Waals surface area contributed by atoms with Gasteiger partial charge in [-0.15, -0.1) is 0 Å². The van der Waals surface area contributed by atoms with E-state index < -0.39 is 0 Å². The van der Waals surface area contributed by atoms with Crippen LogP contribution in [0.15, 0.2) is 51.8 Å². The second kappa shape index (κ2) is 7.97. The van der Waals surface area contributed by atoms with Gasteiger partial charge >= 0.3 is 0 Å². The molecule has 0 spiro atoms. The number of carbonyl (C=O) groups is 2. The third kappa shape index (κ3) is 3.94. The van der Waals surface area contributed by atoms with Crippen LogP contribution in [0.1, 0.15) is 18.1 Å². The van der Waals surface area contributed by atoms with Crippen molar-refractivity contribution in [3.05, 3.63) is 63.0 Å². The van der Waals surface area contributed by atoms with Gasteiger partial charge in [0.05, 0.1) is 18.1 Å². The Bertz CT molecular complexity index is 883. The first-order valence-electron chi connectivity index (χ1n) is 7.94. The van der Waals surface area contributed by atoms with Crippen LogP contribution in [0.2, 0.25) is 0 Å². The number of aromatic hydroxyl groups is 1. The minimum Gasteiger partial charge on any atom is -0.504 e. The minimum absolute atomic E-state index is 0.00746. The number of imide groups is 1. The maximum absolute atomic E-state index is 12.6. The van der Waals surface area contributed by atoms with Crippen LogP contribution < -0.4 is 4.74 Å². The van der Waals surface area contributed by atoms with E-state index in [9.17, 15) is 14.7 Å². The highest BCUT2D eigenvalue weighted by Crippen LogP contribution is 2.38. The normalized spacial score (nSPS) is 15.8. The van der Waals surface area contributed by atoms with Gasteiger partial charge in [0, 0.05) is 4.47 Å². The number of hydrogen-bond acceptors (Lipinski definition) is 5. The number of rotatable bonds is 5. The number of ether oxygens (including phenoxy) is 1. The van der Waals surface area contributed by atoms with Gasteiger partial charge in [0.25, 0.3) is 11.1 Å². The fourth-order valence-corrected chi connectivity index (χ4v) is 3.76. The maximum atomic E-state index is 12.6. The van der Waals surface area contributed by atoms with Crippen LogP contribution in [0.25, 0.3) is 6.08 Å². The molecule has 2 aromatic carbocycles. The van der Waals surface area contributed by atoms with Crippen molar-refractivity contribution >= 4 is 44.9 Å². The van der Waals surface area contributed by atoms with E-state index >= 15 is 0 Å². The predicted octanol–water partition coefficient (Wildman–Crippen LogP) is 4.79. The van der Waals surface area contributed by atoms with Crippen molar-refractivity contribution in [2.45, 2.75) is 13.5 Å². The first-order valence-corrected chi connectivity index (χ1v) is 9.55. The Labute approximate surface area is 163 Å². The van der Waals surface area contributed by atoms with Crippen LogP contribution >= 0.6 is 27.7 Å². The fourth-order valence-electron chi connectivity index (χ4n) is 2.48. The van der Waals surface area contributed by atoms with Crippen molar-refractivity contribution in [1.29, 1.82) is 0 Å². The number of thioether (sulfide) groups is 1. The number of hydrogen-bond donors (Lipinski definition) is 1. The van der Waals surface area contributed by atoms with Crippen molar-refractivity contribution in [3.8, 4) is 11.5 Å². The summed E-state index contributed by atoms with van der Waals surface area (Å²) in [5.41, 5.74) is 1.54. The molecule has 1 aliphatic rings. The zero-order valence-electron chi connectivity index (χ0n) is 13.9. The molecule has 7 heteroatoms. The van der Waals surface area contributed by atoms with Gasteiger partial charge in [-0.3, -0.25) is 14.5 Å². The van der Waals surface area contributed by atoms with Gasteiger partial charge in [-0.2, -0.15) is 0 Å². The van der Waals surface area contributed by atoms with E-state index in [0.29, 0.717) is 27.3 Å². The molecule has 5 nitrogen and oxygen atoms in total. The van der Waals surface area contributed by atoms with Crippen LogP contribution in [0, 0.1) is 0 Å². The summed E-state index contributed by atoms with van der Waals surface area (Å²) in [5.74, 6) is 0.000286. The molecule has 1 fully saturated rings. The summed E-state index contributed by atoms with van der Waals surface area (Å²) in [6.07, 6.45) is 1.63. The van der Waals surface area contributed by atoms with Gasteiger partial charge in [0.2, 0.25) is 0 Å². The monoisotopic (exact) mass is 433 g/mol. The van der Waals surface area contributed by atoms with E-state index in [4.69, 9.17) is 4.74 Å². The maximum Gasteiger partial charge on any atom is 0.293 e. The summed E-state index contributed by atoms with van der Waals surface area (Å²) in [7, 11) is 0. The Balaban J connectivity index is 1.87. The van der Waals surface area contributed by atoms with Crippen LogP contribution in [-0.4, -0.2) is 27.8 Å². The number of amides is 2. The lowest BCUT2D eigenvalue weighted by molar-refractivity contribution is -0.123. The van der Waals surface area contributed by atoms with Crippen LogP contribution in [0.3, 0.4) is 0 Å². The average molecular weight is 434 g/mol. The van der Waals surface area contributed by atoms with Crippen molar-refractivity contribution in [3.63, 3.8) is 0 Å². The number of carbonyl (C=O) groups excluding carboxylic acids is 2. The first-order chi connectivity index (χ1) is 12.5. The third-order valence-electron chi connectivity index (χ3n) is 3.72. The molecule has 2 amide bonds. The van der Waals surface area contributed by atoms with E-state index in [2.05, 4.69) is 15.9 Å². The van der Waals surface area contributed by atoms with Gasteiger partial charge in [0.1, 0.15) is 0 Å². The summed E-state index contributed by atoms with van der Waals surface area (Å²) < 4.78 is 5.98. The number of benzene rings is 2. The summed E-state index contributed by atoms with van der Waals surface area (Å²) in [5, 5.41) is 9.60. The summed E-state index contributed by atoms with van der Waals surface area (Å²) in [6, 6.07) is 12.5. The molecule has 0 aromatic heterocycles. The molecule has 0 saturated carbocycles. The SMILES string of the molecule is CCOc1cc(/C=C2/SC(=O)N(Cc3ccccc3)C2=O)c(Br)cc1O. The molecule has 1 heterocycles. The van der Waals surface area contributed by atoms with Crippen LogP contribution in [0.5, 0.6) is 11.5 Å². The first kappa shape index (κ1) is 18.5. The van der Waals surface area contributed by atoms with E-state index in [1.165, 1.54) is 11.0 Å². The molecule has 1 N–H and O–H groups in total. The number of phenols is 1. The van der Waals surface area contributed by atoms with E-state index in [1.807, 2.05) is 37.3 Å². The standard InChI is InChI=1S/C19H16BrNO4S/c1-2-25-16-8-13(14(20)10-15(16)22)9-17-18(23)21(19(24)26-17)11-12-6-4-3-5-7-12/h3-10,22H,2,11H2,1H3/b17-9+. The van der Waals surface area contributed by atoms with Crippen molar-refractivity contribution in [2.75, 3.05) is 6.61 Å². The Kier molecular flexibility index (Phi) is 5.68. The van der Waals surface area contributed by atoms with Crippen molar-refractivity contribution < 1.29 is 19.4 Å². The molecule has 0 radical (unpaired) electrons. The Morgan fingerprint density at radius 2 is 1.96 bits per heavy atom. The smallest absolute Gasteiger partial charge is 0.293 e. The molecule has 1 saturated heterocycles. The molecule has 0 bridgehead atoms. The van der Waals surface area contributed by atoms with Crippen molar-refractivity contribution in [1.82, 2.24) is 4.90 Å². The van der Waals surface area contributed by atoms with E-state index in [0.717, 1.165) is 17.3 Å². The van der Waals surface area contributed by atoms with Gasteiger partial charge in [-0.1, -0.05) is 46.3 Å². The summed E-state index contributed by atoms with van der Waals surface area (Å²) >= 11 is 4.27. The van der Waals surface area contributed by atoms with Gasteiger partial charge in [0.15, 0.2) is 11.5 Å². The lowest BCUT2D eigenvalue weighted by Gasteiger charge is -2.12. The highest BCUT2D eigenvalue weighted by Gasteiger charge is 2.35. The third-order valence-corrected chi connectivity index (χ3v) is 5.32. The van der Waals surface area contributed by atoms with Crippen LogP contribution in [0.4, 0.5) is 4.79 Å². The summed E-state index contributed by atoms with van der Waals surface area (Å²) in [4.78, 5) is 26.4. The second-order valence-corrected chi connectivity index (χ2v) is 7.38. The summed E-state index contributed by atoms with van der Waals surface area (Å²) in [6.45, 7) is 2.46. The molecule has 0 unspecified atom stereocenters. The molecule has 1 aliphatic heterocycles. The van der Waals surface area contributed by atoms with E-state index in [1.54, 1.807) is 12.1 Å². The average Bonchev–Trinajstić information content (AvgIpc) is 2.88. The van der Waals surface area contributed by atoms with Gasteiger partial charge in [-0.25, -0.2) is 0 Å². The van der Waals surface area contributed by atoms with Crippen LogP contribution in [-0.2, 0) is 11.3 Å². The highest BCUT2D eigenvalue weighted by molar-refractivity contribution is 9.10. The zero-order valence-corrected chi connectivity index (χ0v) is 16.3. The topological polar surface area (TPSA) is 66.8 Å². The molecule has 26 heavy (non-hydrogen) atoms. The minimum atomic E-state index is -0.332. The highest BCUT2D eigenvalue weighted by atomic mass is 79.9. The molecular formula is C19H16BrNO4S. The molecule has 0 atom stereocenters. The predicted molar refractivity (Wildman–Crippen MR) is 105 cm³/mol. The molecule has 0 aliphatic carbocycles. The Hall–Kier alpha value is -2.25. The number of halogens is 1. The fraction of sp³-hybridized carbons (Fsp3) is 0.158. The second-order valence-electron chi connectivity index (χ2n) is 5.53. The largest absolute Gasteiger partial charge is 0.504 e. The number of nitrogens with zero attached hydrogens (tertiary/aromatic N) is 1. The quantitative estimate of drug-likeness (QED) is 0.686. The van der Waals surface area contributed by atoms with Crippen molar-refractivity contribution in [2.24, 2.45) is 0 Å². The molecule has 3 rings (SSSR count). The number of phenolic OH excluding ortho intramolecular Hbond substituents is 1. The lowest BCUT2D eigenvalue weighted by Crippen LogP contribution is -2.27. The zero-order chi connectivity index (χ0) is 18.7. The van der Waals surface area contributed by atoms with Gasteiger partial charge in [-0.05, 0) is 48.0 Å². The molecule has 134 valence electrons. The van der Waals surface area contributed by atoms with Gasteiger partial charge < -0.3 is 9.84 Å². The van der Waals surface area contributed by atoms with E-state index in [-0.39, 0.29) is 23.4 Å². The Morgan fingerprint density at radius 1 is 1.23 bits per heavy atom.